The molecule has 0 aliphatic carbocycles. The number of carbonyl (C=O) groups is 1. The number of rotatable bonds is 2. The van der Waals surface area contributed by atoms with Gasteiger partial charge in [0.15, 0.2) is 0 Å². The van der Waals surface area contributed by atoms with Gasteiger partial charge in [0.2, 0.25) is 0 Å². The number of halogens is 3. The van der Waals surface area contributed by atoms with E-state index in [2.05, 4.69) is 9.97 Å². The molecule has 0 aliphatic heterocycles. The molecule has 0 spiro atoms. The van der Waals surface area contributed by atoms with E-state index in [1.54, 1.807) is 36.7 Å². The van der Waals surface area contributed by atoms with Crippen molar-refractivity contribution in [1.29, 1.82) is 0 Å². The van der Waals surface area contributed by atoms with E-state index in [1.807, 2.05) is 12.1 Å². The summed E-state index contributed by atoms with van der Waals surface area (Å²) in [5.74, 6) is 0. The number of benzene rings is 1. The average Bonchev–Trinajstić information content (AvgIpc) is 2.47. The maximum Gasteiger partial charge on any atom is 0.253 e. The molecule has 0 saturated heterocycles. The van der Waals surface area contributed by atoms with Crippen LogP contribution in [0.1, 0.15) is 10.4 Å². The molecule has 2 aromatic heterocycles. The van der Waals surface area contributed by atoms with Crippen LogP contribution in [-0.4, -0.2) is 15.2 Å². The molecule has 1 aromatic carbocycles. The van der Waals surface area contributed by atoms with Crippen LogP contribution in [-0.2, 0) is 0 Å². The topological polar surface area (TPSA) is 42.9 Å². The second-order valence-electron chi connectivity index (χ2n) is 4.23. The first-order valence-electron chi connectivity index (χ1n) is 5.86. The van der Waals surface area contributed by atoms with Crippen LogP contribution in [0.4, 0.5) is 0 Å². The predicted molar refractivity (Wildman–Crippen MR) is 87.4 cm³/mol. The third-order valence-corrected chi connectivity index (χ3v) is 3.38. The minimum absolute atomic E-state index is 0. The summed E-state index contributed by atoms with van der Waals surface area (Å²) in [5, 5.41) is 0.641. The van der Waals surface area contributed by atoms with Crippen LogP contribution in [0.25, 0.3) is 22.2 Å². The zero-order valence-electron chi connectivity index (χ0n) is 10.6. The van der Waals surface area contributed by atoms with E-state index in [9.17, 15) is 4.79 Å². The lowest BCUT2D eigenvalue weighted by molar-refractivity contribution is 0.108. The van der Waals surface area contributed by atoms with Gasteiger partial charge in [-0.15, -0.1) is 12.4 Å². The van der Waals surface area contributed by atoms with Crippen LogP contribution in [0, 0.1) is 0 Å². The van der Waals surface area contributed by atoms with Crippen molar-refractivity contribution in [3.8, 4) is 11.3 Å². The smallest absolute Gasteiger partial charge is 0.253 e. The van der Waals surface area contributed by atoms with Crippen LogP contribution < -0.4 is 0 Å². The fourth-order valence-corrected chi connectivity index (χ4v) is 2.35. The first-order chi connectivity index (χ1) is 9.65. The zero-order valence-corrected chi connectivity index (χ0v) is 12.9. The van der Waals surface area contributed by atoms with E-state index in [-0.39, 0.29) is 12.4 Å². The molecule has 2 heterocycles. The average molecular weight is 340 g/mol. The minimum Gasteiger partial charge on any atom is -0.276 e. The molecule has 3 nitrogen and oxygen atoms in total. The summed E-state index contributed by atoms with van der Waals surface area (Å²) < 4.78 is 0. The van der Waals surface area contributed by atoms with Gasteiger partial charge in [0.1, 0.15) is 0 Å². The van der Waals surface area contributed by atoms with Crippen molar-refractivity contribution >= 4 is 51.8 Å². The Bertz CT molecular complexity index is 807. The standard InChI is InChI=1S/C15H8Cl2N2O.ClH/c16-10-3-4-13-11(6-10)12(15(17)20)7-14(19-13)9-2-1-5-18-8-9;/h1-8H;1H. The lowest BCUT2D eigenvalue weighted by Crippen LogP contribution is -1.96. The van der Waals surface area contributed by atoms with Gasteiger partial charge in [-0.1, -0.05) is 11.6 Å². The Morgan fingerprint density at radius 1 is 1.14 bits per heavy atom. The van der Waals surface area contributed by atoms with E-state index in [1.165, 1.54) is 0 Å². The molecule has 106 valence electrons. The molecule has 3 aromatic rings. The van der Waals surface area contributed by atoms with Crippen LogP contribution in [0.5, 0.6) is 0 Å². The molecular weight excluding hydrogens is 331 g/mol. The van der Waals surface area contributed by atoms with Crippen molar-refractivity contribution in [2.45, 2.75) is 0 Å². The van der Waals surface area contributed by atoms with E-state index in [4.69, 9.17) is 23.2 Å². The summed E-state index contributed by atoms with van der Waals surface area (Å²) in [5.41, 5.74) is 2.53. The van der Waals surface area contributed by atoms with E-state index >= 15 is 0 Å². The molecule has 6 heteroatoms. The quantitative estimate of drug-likeness (QED) is 0.633. The summed E-state index contributed by atoms with van der Waals surface area (Å²) in [7, 11) is 0. The SMILES string of the molecule is Cl.O=C(Cl)c1cc(-c2cccnc2)nc2ccc(Cl)cc12. The molecule has 0 atom stereocenters. The third-order valence-electron chi connectivity index (χ3n) is 2.94. The normalized spacial score (nSPS) is 10.2. The van der Waals surface area contributed by atoms with Gasteiger partial charge in [-0.25, -0.2) is 4.98 Å². The molecule has 3 rings (SSSR count). The van der Waals surface area contributed by atoms with E-state index < -0.39 is 5.24 Å². The molecule has 0 amide bonds. The summed E-state index contributed by atoms with van der Waals surface area (Å²) in [6.07, 6.45) is 3.37. The highest BCUT2D eigenvalue weighted by atomic mass is 35.5. The Morgan fingerprint density at radius 3 is 2.62 bits per heavy atom. The Hall–Kier alpha value is -1.68. The summed E-state index contributed by atoms with van der Waals surface area (Å²) in [6, 6.07) is 10.5. The number of carbonyl (C=O) groups excluding carboxylic acids is 1. The van der Waals surface area contributed by atoms with Crippen LogP contribution >= 0.6 is 35.6 Å². The fourth-order valence-electron chi connectivity index (χ4n) is 2.02. The molecule has 0 unspecified atom stereocenters. The molecule has 0 radical (unpaired) electrons. The van der Waals surface area contributed by atoms with Gasteiger partial charge >= 0.3 is 0 Å². The van der Waals surface area contributed by atoms with E-state index in [0.29, 0.717) is 27.2 Å². The number of pyridine rings is 2. The van der Waals surface area contributed by atoms with Crippen molar-refractivity contribution in [3.63, 3.8) is 0 Å². The van der Waals surface area contributed by atoms with E-state index in [0.717, 1.165) is 5.56 Å². The lowest BCUT2D eigenvalue weighted by Gasteiger charge is -2.07. The van der Waals surface area contributed by atoms with Gasteiger partial charge in [-0.2, -0.15) is 0 Å². The van der Waals surface area contributed by atoms with Crippen molar-refractivity contribution in [1.82, 2.24) is 9.97 Å². The largest absolute Gasteiger partial charge is 0.276 e. The number of fused-ring (bicyclic) bond motifs is 1. The van der Waals surface area contributed by atoms with Crippen molar-refractivity contribution in [2.75, 3.05) is 0 Å². The molecule has 21 heavy (non-hydrogen) atoms. The summed E-state index contributed by atoms with van der Waals surface area (Å²) in [4.78, 5) is 20.2. The molecule has 0 bridgehead atoms. The van der Waals surface area contributed by atoms with Gasteiger partial charge in [0, 0.05) is 33.9 Å². The Balaban J connectivity index is 0.00000161. The zero-order chi connectivity index (χ0) is 14.1. The fraction of sp³-hybridized carbons (Fsp3) is 0. The van der Waals surface area contributed by atoms with Crippen molar-refractivity contribution in [3.05, 3.63) is 59.4 Å². The van der Waals surface area contributed by atoms with Crippen molar-refractivity contribution in [2.24, 2.45) is 0 Å². The molecule has 0 aliphatic rings. The maximum absolute atomic E-state index is 11.6. The minimum atomic E-state index is -0.537. The Kier molecular flexibility index (Phi) is 4.78. The van der Waals surface area contributed by atoms with Gasteiger partial charge in [-0.3, -0.25) is 9.78 Å². The number of nitrogens with zero attached hydrogens (tertiary/aromatic N) is 2. The van der Waals surface area contributed by atoms with Gasteiger partial charge in [0.05, 0.1) is 11.2 Å². The second kappa shape index (κ2) is 6.39. The highest BCUT2D eigenvalue weighted by molar-refractivity contribution is 6.68. The van der Waals surface area contributed by atoms with Crippen LogP contribution in [0.3, 0.4) is 0 Å². The molecule has 0 fully saturated rings. The molecule has 0 saturated carbocycles. The molecule has 0 N–H and O–H groups in total. The first-order valence-corrected chi connectivity index (χ1v) is 6.61. The number of hydrogen-bond donors (Lipinski definition) is 0. The highest BCUT2D eigenvalue weighted by Crippen LogP contribution is 2.27. The monoisotopic (exact) mass is 338 g/mol. The second-order valence-corrected chi connectivity index (χ2v) is 5.01. The van der Waals surface area contributed by atoms with Gasteiger partial charge in [-0.05, 0) is 48.0 Å². The van der Waals surface area contributed by atoms with Gasteiger partial charge < -0.3 is 0 Å². The Morgan fingerprint density at radius 2 is 1.95 bits per heavy atom. The number of hydrogen-bond acceptors (Lipinski definition) is 3. The van der Waals surface area contributed by atoms with Gasteiger partial charge in [0.25, 0.3) is 5.24 Å². The lowest BCUT2D eigenvalue weighted by atomic mass is 10.1. The first kappa shape index (κ1) is 15.7. The summed E-state index contributed by atoms with van der Waals surface area (Å²) in [6.45, 7) is 0. The predicted octanol–water partition coefficient (Wildman–Crippen LogP) is 4.75. The molecular formula is C15H9Cl3N2O. The highest BCUT2D eigenvalue weighted by Gasteiger charge is 2.12. The van der Waals surface area contributed by atoms with Crippen LogP contribution in [0.2, 0.25) is 5.02 Å². The maximum atomic E-state index is 11.6. The van der Waals surface area contributed by atoms with Crippen LogP contribution in [0.15, 0.2) is 48.8 Å². The van der Waals surface area contributed by atoms with Crippen molar-refractivity contribution < 1.29 is 4.79 Å². The number of aromatic nitrogens is 2. The summed E-state index contributed by atoms with van der Waals surface area (Å²) >= 11 is 11.6. The Labute approximate surface area is 137 Å². The third kappa shape index (κ3) is 3.16.